The molecule has 1 saturated heterocycles. The van der Waals surface area contributed by atoms with Crippen LogP contribution in [0.4, 0.5) is 5.69 Å². The average Bonchev–Trinajstić information content (AvgIpc) is 2.78. The van der Waals surface area contributed by atoms with E-state index in [1.54, 1.807) is 7.05 Å². The van der Waals surface area contributed by atoms with Gasteiger partial charge in [-0.1, -0.05) is 25.0 Å². The van der Waals surface area contributed by atoms with Gasteiger partial charge in [0.25, 0.3) is 0 Å². The highest BCUT2D eigenvalue weighted by Gasteiger charge is 2.19. The first-order valence-electron chi connectivity index (χ1n) is 7.53. The second-order valence-electron chi connectivity index (χ2n) is 5.39. The molecule has 0 aliphatic carbocycles. The number of anilines is 1. The van der Waals surface area contributed by atoms with Crippen LogP contribution in [0.5, 0.6) is 0 Å². The van der Waals surface area contributed by atoms with Crippen LogP contribution in [-0.2, 0) is 16.0 Å². The van der Waals surface area contributed by atoms with Gasteiger partial charge in [-0.25, -0.2) is 0 Å². The van der Waals surface area contributed by atoms with Crippen molar-refractivity contribution in [3.63, 3.8) is 0 Å². The number of carbonyl (C=O) groups excluding carboxylic acids is 2. The molecule has 1 aliphatic rings. The van der Waals surface area contributed by atoms with Crippen molar-refractivity contribution in [2.45, 2.75) is 38.1 Å². The van der Waals surface area contributed by atoms with Crippen LogP contribution in [0.25, 0.3) is 0 Å². The fourth-order valence-corrected chi connectivity index (χ4v) is 2.46. The van der Waals surface area contributed by atoms with Crippen molar-refractivity contribution in [3.05, 3.63) is 29.8 Å². The van der Waals surface area contributed by atoms with E-state index in [4.69, 9.17) is 0 Å². The Kier molecular flexibility index (Phi) is 5.75. The fraction of sp³-hybridized carbons (Fsp3) is 0.500. The minimum absolute atomic E-state index is 0.0190. The maximum atomic E-state index is 12.2. The van der Waals surface area contributed by atoms with Gasteiger partial charge in [-0.2, -0.15) is 0 Å². The molecule has 2 rings (SSSR count). The van der Waals surface area contributed by atoms with Gasteiger partial charge in [-0.05, 0) is 37.1 Å². The molecule has 0 radical (unpaired) electrons. The van der Waals surface area contributed by atoms with Gasteiger partial charge < -0.3 is 16.0 Å². The van der Waals surface area contributed by atoms with Gasteiger partial charge in [0.2, 0.25) is 11.8 Å². The van der Waals surface area contributed by atoms with E-state index in [9.17, 15) is 9.59 Å². The van der Waals surface area contributed by atoms with Crippen LogP contribution in [0.3, 0.4) is 0 Å². The van der Waals surface area contributed by atoms with Crippen molar-refractivity contribution in [1.82, 2.24) is 10.6 Å². The maximum absolute atomic E-state index is 12.2. The molecule has 0 spiro atoms. The summed E-state index contributed by atoms with van der Waals surface area (Å²) in [7, 11) is 1.62. The van der Waals surface area contributed by atoms with Crippen LogP contribution in [0.1, 0.15) is 31.2 Å². The number of carbonyl (C=O) groups is 2. The van der Waals surface area contributed by atoms with E-state index in [1.807, 2.05) is 24.3 Å². The molecule has 1 atom stereocenters. The van der Waals surface area contributed by atoms with Crippen LogP contribution < -0.4 is 16.0 Å². The zero-order chi connectivity index (χ0) is 15.1. The lowest BCUT2D eigenvalue weighted by Crippen LogP contribution is -2.39. The molecule has 1 unspecified atom stereocenters. The first-order chi connectivity index (χ1) is 10.2. The molecule has 0 saturated carbocycles. The van der Waals surface area contributed by atoms with Crippen LogP contribution >= 0.6 is 0 Å². The number of rotatable bonds is 4. The van der Waals surface area contributed by atoms with Gasteiger partial charge in [-0.3, -0.25) is 9.59 Å². The molecule has 2 amide bonds. The number of hydrogen-bond donors (Lipinski definition) is 3. The smallest absolute Gasteiger partial charge is 0.241 e. The molecule has 21 heavy (non-hydrogen) atoms. The molecule has 114 valence electrons. The highest BCUT2D eigenvalue weighted by atomic mass is 16.2. The van der Waals surface area contributed by atoms with Crippen LogP contribution in [0.15, 0.2) is 24.3 Å². The molecule has 1 aliphatic heterocycles. The quantitative estimate of drug-likeness (QED) is 0.785. The lowest BCUT2D eigenvalue weighted by molar-refractivity contribution is -0.120. The molecule has 5 heteroatoms. The van der Waals surface area contributed by atoms with Crippen molar-refractivity contribution in [2.75, 3.05) is 18.9 Å². The molecule has 5 nitrogen and oxygen atoms in total. The molecule has 0 aromatic heterocycles. The van der Waals surface area contributed by atoms with E-state index in [0.717, 1.165) is 37.1 Å². The Morgan fingerprint density at radius 1 is 1.19 bits per heavy atom. The normalized spacial score (nSPS) is 18.6. The number of amides is 2. The summed E-state index contributed by atoms with van der Waals surface area (Å²) >= 11 is 0. The summed E-state index contributed by atoms with van der Waals surface area (Å²) in [5.41, 5.74) is 1.70. The molecule has 0 bridgehead atoms. The number of hydrogen-bond acceptors (Lipinski definition) is 3. The SMILES string of the molecule is CNC(=O)Cc1ccc(NC(=O)C2CCCCCN2)cc1. The number of benzene rings is 1. The van der Waals surface area contributed by atoms with Gasteiger partial charge in [0.15, 0.2) is 0 Å². The van der Waals surface area contributed by atoms with Gasteiger partial charge in [0.05, 0.1) is 12.5 Å². The molecule has 1 fully saturated rings. The minimum Gasteiger partial charge on any atom is -0.359 e. The topological polar surface area (TPSA) is 70.2 Å². The van der Waals surface area contributed by atoms with Gasteiger partial charge in [0, 0.05) is 12.7 Å². The van der Waals surface area contributed by atoms with E-state index in [1.165, 1.54) is 6.42 Å². The molecular weight excluding hydrogens is 266 g/mol. The van der Waals surface area contributed by atoms with Crippen molar-refractivity contribution in [1.29, 1.82) is 0 Å². The Hall–Kier alpha value is -1.88. The molecule has 1 aromatic carbocycles. The zero-order valence-electron chi connectivity index (χ0n) is 12.4. The Morgan fingerprint density at radius 3 is 2.67 bits per heavy atom. The second kappa shape index (κ2) is 7.78. The summed E-state index contributed by atoms with van der Waals surface area (Å²) in [6, 6.07) is 7.31. The standard InChI is InChI=1S/C16H23N3O2/c1-17-15(20)11-12-6-8-13(9-7-12)19-16(21)14-5-3-2-4-10-18-14/h6-9,14,18H,2-5,10-11H2,1H3,(H,17,20)(H,19,21). The summed E-state index contributed by atoms with van der Waals surface area (Å²) in [6.45, 7) is 0.906. The Balaban J connectivity index is 1.90. The van der Waals surface area contributed by atoms with Gasteiger partial charge in [0.1, 0.15) is 0 Å². The third-order valence-corrected chi connectivity index (χ3v) is 3.74. The van der Waals surface area contributed by atoms with Crippen molar-refractivity contribution >= 4 is 17.5 Å². The first kappa shape index (κ1) is 15.5. The van der Waals surface area contributed by atoms with Crippen LogP contribution in [-0.4, -0.2) is 31.4 Å². The van der Waals surface area contributed by atoms with Crippen molar-refractivity contribution in [3.8, 4) is 0 Å². The van der Waals surface area contributed by atoms with E-state index < -0.39 is 0 Å². The average molecular weight is 289 g/mol. The fourth-order valence-electron chi connectivity index (χ4n) is 2.46. The lowest BCUT2D eigenvalue weighted by atomic mass is 10.1. The van der Waals surface area contributed by atoms with E-state index in [0.29, 0.717) is 6.42 Å². The second-order valence-corrected chi connectivity index (χ2v) is 5.39. The summed E-state index contributed by atoms with van der Waals surface area (Å²) in [5, 5.41) is 8.81. The predicted octanol–water partition coefficient (Wildman–Crippen LogP) is 1.45. The largest absolute Gasteiger partial charge is 0.359 e. The lowest BCUT2D eigenvalue weighted by Gasteiger charge is -2.15. The highest BCUT2D eigenvalue weighted by Crippen LogP contribution is 2.13. The van der Waals surface area contributed by atoms with E-state index in [-0.39, 0.29) is 17.9 Å². The predicted molar refractivity (Wildman–Crippen MR) is 83.1 cm³/mol. The number of likely N-dealkylation sites (N-methyl/N-ethyl adjacent to an activating group) is 1. The first-order valence-corrected chi connectivity index (χ1v) is 7.53. The molecular formula is C16H23N3O2. The summed E-state index contributed by atoms with van der Waals surface area (Å²) in [6.07, 6.45) is 4.66. The van der Waals surface area contributed by atoms with E-state index in [2.05, 4.69) is 16.0 Å². The summed E-state index contributed by atoms with van der Waals surface area (Å²) < 4.78 is 0. The van der Waals surface area contributed by atoms with Crippen LogP contribution in [0.2, 0.25) is 0 Å². The molecule has 1 heterocycles. The molecule has 3 N–H and O–H groups in total. The van der Waals surface area contributed by atoms with Gasteiger partial charge in [-0.15, -0.1) is 0 Å². The number of nitrogens with one attached hydrogen (secondary N) is 3. The Bertz CT molecular complexity index is 477. The monoisotopic (exact) mass is 289 g/mol. The summed E-state index contributed by atoms with van der Waals surface area (Å²) in [5.74, 6) is 0.00499. The third-order valence-electron chi connectivity index (χ3n) is 3.74. The van der Waals surface area contributed by atoms with Gasteiger partial charge >= 0.3 is 0 Å². The van der Waals surface area contributed by atoms with E-state index >= 15 is 0 Å². The Labute approximate surface area is 125 Å². The van der Waals surface area contributed by atoms with Crippen molar-refractivity contribution in [2.24, 2.45) is 0 Å². The minimum atomic E-state index is -0.0990. The highest BCUT2D eigenvalue weighted by molar-refractivity contribution is 5.94. The third kappa shape index (κ3) is 4.86. The van der Waals surface area contributed by atoms with Crippen LogP contribution in [0, 0.1) is 0 Å². The Morgan fingerprint density at radius 2 is 1.95 bits per heavy atom. The zero-order valence-corrected chi connectivity index (χ0v) is 12.4. The summed E-state index contributed by atoms with van der Waals surface area (Å²) in [4.78, 5) is 23.5. The maximum Gasteiger partial charge on any atom is 0.241 e. The molecule has 1 aromatic rings. The van der Waals surface area contributed by atoms with Crippen molar-refractivity contribution < 1.29 is 9.59 Å².